The summed E-state index contributed by atoms with van der Waals surface area (Å²) in [5, 5.41) is 18.7. The number of allylic oxidation sites excluding steroid dienone is 1. The molecule has 0 spiro atoms. The van der Waals surface area contributed by atoms with Gasteiger partial charge in [0.2, 0.25) is 0 Å². The van der Waals surface area contributed by atoms with Crippen molar-refractivity contribution in [3.05, 3.63) is 12.7 Å². The molecule has 0 aromatic carbocycles. The Morgan fingerprint density at radius 2 is 1.51 bits per heavy atom. The number of hydrogen-bond donors (Lipinski definition) is 2. The zero-order valence-corrected chi connectivity index (χ0v) is 20.4. The van der Waals surface area contributed by atoms with E-state index in [1.807, 2.05) is 0 Å². The standard InChI is InChI=1S/C14H22O3.C13H20O4.CH4/c1-2-3-8-13(15)9-4-6-11-16-14-10-5-7-12-17-14;14-12-8-7-11(17-12)5-1-3-9-15-13-6-2-4-10-16-13;/h2,13-15H,1,3,5,7-12H2;11-14H,2,4-10H2;1H4/t13-,14?;11-,12?,13?;/m01./s1. The van der Waals surface area contributed by atoms with Crippen LogP contribution in [0.15, 0.2) is 12.7 Å². The van der Waals surface area contributed by atoms with Crippen molar-refractivity contribution in [3.8, 4) is 23.7 Å². The molecule has 3 heterocycles. The average Bonchev–Trinajstić information content (AvgIpc) is 3.29. The molecule has 0 saturated carbocycles. The van der Waals surface area contributed by atoms with Crippen LogP contribution in [-0.2, 0) is 23.7 Å². The first-order valence-corrected chi connectivity index (χ1v) is 12.7. The summed E-state index contributed by atoms with van der Waals surface area (Å²) < 4.78 is 27.0. The highest BCUT2D eigenvalue weighted by atomic mass is 16.7. The van der Waals surface area contributed by atoms with Gasteiger partial charge in [0.25, 0.3) is 0 Å². The Bertz CT molecular complexity index is 648. The maximum Gasteiger partial charge on any atom is 0.158 e. The third kappa shape index (κ3) is 16.0. The van der Waals surface area contributed by atoms with Crippen LogP contribution in [0, 0.1) is 23.7 Å². The molecule has 3 saturated heterocycles. The fraction of sp³-hybridized carbons (Fsp3) is 0.786. The highest BCUT2D eigenvalue weighted by molar-refractivity contribution is 5.01. The van der Waals surface area contributed by atoms with Crippen LogP contribution in [0.5, 0.6) is 0 Å². The molecule has 0 amide bonds. The second-order valence-electron chi connectivity index (χ2n) is 8.64. The van der Waals surface area contributed by atoms with Crippen LogP contribution in [0.2, 0.25) is 0 Å². The van der Waals surface area contributed by atoms with Crippen molar-refractivity contribution in [3.63, 3.8) is 0 Å². The normalized spacial score (nSPS) is 26.5. The van der Waals surface area contributed by atoms with Gasteiger partial charge in [-0.25, -0.2) is 0 Å². The number of aliphatic hydroxyl groups is 2. The molecule has 3 unspecified atom stereocenters. The van der Waals surface area contributed by atoms with Crippen molar-refractivity contribution in [2.75, 3.05) is 26.4 Å². The molecule has 0 aromatic heterocycles. The second-order valence-corrected chi connectivity index (χ2v) is 8.64. The highest BCUT2D eigenvalue weighted by Crippen LogP contribution is 2.19. The quantitative estimate of drug-likeness (QED) is 0.365. The molecule has 0 radical (unpaired) electrons. The van der Waals surface area contributed by atoms with Gasteiger partial charge in [-0.2, -0.15) is 0 Å². The van der Waals surface area contributed by atoms with Crippen LogP contribution in [0.3, 0.4) is 0 Å². The molecule has 3 aliphatic heterocycles. The average molecular weight is 495 g/mol. The van der Waals surface area contributed by atoms with Crippen LogP contribution in [0.1, 0.15) is 84.5 Å². The van der Waals surface area contributed by atoms with Gasteiger partial charge in [0, 0.05) is 32.5 Å². The summed E-state index contributed by atoms with van der Waals surface area (Å²) in [7, 11) is 0. The minimum absolute atomic E-state index is 0. The Balaban J connectivity index is 0.000000340. The summed E-state index contributed by atoms with van der Waals surface area (Å²) in [5.74, 6) is 11.8. The molecule has 0 bridgehead atoms. The van der Waals surface area contributed by atoms with Gasteiger partial charge in [0.1, 0.15) is 13.2 Å². The Labute approximate surface area is 212 Å². The topological polar surface area (TPSA) is 86.6 Å². The van der Waals surface area contributed by atoms with Crippen LogP contribution in [0.4, 0.5) is 0 Å². The zero-order valence-electron chi connectivity index (χ0n) is 20.4. The first kappa shape index (κ1) is 31.6. The van der Waals surface area contributed by atoms with E-state index < -0.39 is 6.29 Å². The van der Waals surface area contributed by atoms with Crippen LogP contribution >= 0.6 is 0 Å². The molecule has 35 heavy (non-hydrogen) atoms. The van der Waals surface area contributed by atoms with E-state index in [1.165, 1.54) is 12.8 Å². The Kier molecular flexibility index (Phi) is 18.7. The maximum absolute atomic E-state index is 9.51. The predicted molar refractivity (Wildman–Crippen MR) is 136 cm³/mol. The van der Waals surface area contributed by atoms with Crippen molar-refractivity contribution >= 4 is 0 Å². The molecule has 2 N–H and O–H groups in total. The second kappa shape index (κ2) is 20.7. The largest absolute Gasteiger partial charge is 0.392 e. The summed E-state index contributed by atoms with van der Waals surface area (Å²) in [4.78, 5) is 0. The molecule has 3 fully saturated rings. The molecule has 3 aliphatic rings. The summed E-state index contributed by atoms with van der Waals surface area (Å²) >= 11 is 0. The highest BCUT2D eigenvalue weighted by Gasteiger charge is 2.22. The van der Waals surface area contributed by atoms with Gasteiger partial charge in [-0.15, -0.1) is 6.58 Å². The van der Waals surface area contributed by atoms with Crippen LogP contribution in [-0.4, -0.2) is 67.7 Å². The van der Waals surface area contributed by atoms with Crippen LogP contribution < -0.4 is 0 Å². The summed E-state index contributed by atoms with van der Waals surface area (Å²) in [6.07, 6.45) is 11.7. The SMILES string of the molecule is C.C=CCC[C@H](O)CC#CCOC1CCCCO1.OC1CC[C@@H](CC#CCOC2CCCCO2)O1. The summed E-state index contributed by atoms with van der Waals surface area (Å²) in [6.45, 7) is 6.00. The lowest BCUT2D eigenvalue weighted by Gasteiger charge is -2.21. The molecule has 5 atom stereocenters. The van der Waals surface area contributed by atoms with Gasteiger partial charge >= 0.3 is 0 Å². The summed E-state index contributed by atoms with van der Waals surface area (Å²) in [6, 6.07) is 0. The molecule has 7 heteroatoms. The minimum atomic E-state index is -0.589. The fourth-order valence-corrected chi connectivity index (χ4v) is 3.68. The van der Waals surface area contributed by atoms with Crippen molar-refractivity contribution < 1.29 is 33.9 Å². The lowest BCUT2D eigenvalue weighted by molar-refractivity contribution is -0.154. The van der Waals surface area contributed by atoms with E-state index in [4.69, 9.17) is 28.8 Å². The third-order valence-electron chi connectivity index (χ3n) is 5.67. The number of hydrogen-bond acceptors (Lipinski definition) is 7. The number of rotatable bonds is 9. The third-order valence-corrected chi connectivity index (χ3v) is 5.67. The van der Waals surface area contributed by atoms with E-state index >= 15 is 0 Å². The smallest absolute Gasteiger partial charge is 0.158 e. The molecule has 7 nitrogen and oxygen atoms in total. The van der Waals surface area contributed by atoms with Gasteiger partial charge in [0.05, 0.1) is 12.2 Å². The van der Waals surface area contributed by atoms with E-state index in [1.54, 1.807) is 6.08 Å². The number of ether oxygens (including phenoxy) is 5. The molecule has 0 aromatic rings. The minimum Gasteiger partial charge on any atom is -0.392 e. The fourth-order valence-electron chi connectivity index (χ4n) is 3.68. The van der Waals surface area contributed by atoms with Crippen molar-refractivity contribution in [2.24, 2.45) is 0 Å². The van der Waals surface area contributed by atoms with Gasteiger partial charge in [-0.3, -0.25) is 0 Å². The Morgan fingerprint density at radius 1 is 0.886 bits per heavy atom. The lowest BCUT2D eigenvalue weighted by atomic mass is 10.1. The summed E-state index contributed by atoms with van der Waals surface area (Å²) in [5.41, 5.74) is 0. The van der Waals surface area contributed by atoms with Crippen molar-refractivity contribution in [2.45, 2.75) is 116 Å². The number of aliphatic hydroxyl groups excluding tert-OH is 2. The van der Waals surface area contributed by atoms with Gasteiger partial charge in [-0.05, 0) is 57.8 Å². The molecule has 3 rings (SSSR count). The molecule has 0 aliphatic carbocycles. The predicted octanol–water partition coefficient (Wildman–Crippen LogP) is 4.31. The maximum atomic E-state index is 9.51. The van der Waals surface area contributed by atoms with Crippen molar-refractivity contribution in [1.82, 2.24) is 0 Å². The molecular formula is C28H46O7. The molecular weight excluding hydrogens is 448 g/mol. The molecule has 200 valence electrons. The van der Waals surface area contributed by atoms with Crippen LogP contribution in [0.25, 0.3) is 0 Å². The van der Waals surface area contributed by atoms with E-state index in [0.717, 1.165) is 64.6 Å². The van der Waals surface area contributed by atoms with E-state index in [0.29, 0.717) is 26.1 Å². The van der Waals surface area contributed by atoms with Gasteiger partial charge < -0.3 is 33.9 Å². The Hall–Kier alpha value is -1.42. The van der Waals surface area contributed by atoms with Gasteiger partial charge in [0.15, 0.2) is 18.9 Å². The first-order valence-electron chi connectivity index (χ1n) is 12.7. The van der Waals surface area contributed by atoms with Crippen molar-refractivity contribution in [1.29, 1.82) is 0 Å². The zero-order chi connectivity index (χ0) is 24.3. The lowest BCUT2D eigenvalue weighted by Crippen LogP contribution is -2.22. The Morgan fingerprint density at radius 3 is 2.03 bits per heavy atom. The van der Waals surface area contributed by atoms with E-state index in [-0.39, 0.29) is 32.2 Å². The van der Waals surface area contributed by atoms with E-state index in [9.17, 15) is 5.11 Å². The first-order chi connectivity index (χ1) is 16.7. The van der Waals surface area contributed by atoms with E-state index in [2.05, 4.69) is 30.3 Å². The van der Waals surface area contributed by atoms with Gasteiger partial charge in [-0.1, -0.05) is 37.2 Å². The monoisotopic (exact) mass is 494 g/mol.